The Morgan fingerprint density at radius 3 is 2.65 bits per heavy atom. The Kier molecular flexibility index (Phi) is 5.51. The maximum atomic E-state index is 11.7. The standard InChI is InChI=1S/C10H19N3O2S2/c1-4-12-17(14,15)13-9(7-8(2)3)10-11-5-6-16-10/h5-6,8-9,12-13H,4,7H2,1-3H3. The fraction of sp³-hybridized carbons (Fsp3) is 0.700. The fourth-order valence-corrected chi connectivity index (χ4v) is 3.32. The van der Waals surface area contributed by atoms with Gasteiger partial charge in [-0.05, 0) is 12.3 Å². The summed E-state index contributed by atoms with van der Waals surface area (Å²) in [4.78, 5) is 4.18. The molecule has 1 heterocycles. The van der Waals surface area contributed by atoms with E-state index in [0.29, 0.717) is 12.5 Å². The van der Waals surface area contributed by atoms with Crippen LogP contribution in [0.4, 0.5) is 0 Å². The second-order valence-corrected chi connectivity index (χ2v) is 6.63. The van der Waals surface area contributed by atoms with Crippen LogP contribution in [-0.4, -0.2) is 19.9 Å². The summed E-state index contributed by atoms with van der Waals surface area (Å²) in [5.41, 5.74) is 0. The minimum Gasteiger partial charge on any atom is -0.248 e. The maximum Gasteiger partial charge on any atom is 0.277 e. The molecule has 0 bridgehead atoms. The third-order valence-corrected chi connectivity index (χ3v) is 4.24. The van der Waals surface area contributed by atoms with Crippen LogP contribution in [-0.2, 0) is 10.2 Å². The molecule has 98 valence electrons. The number of nitrogens with zero attached hydrogens (tertiary/aromatic N) is 1. The van der Waals surface area contributed by atoms with Crippen molar-refractivity contribution in [3.05, 3.63) is 16.6 Å². The fourth-order valence-electron chi connectivity index (χ4n) is 1.50. The lowest BCUT2D eigenvalue weighted by molar-refractivity contribution is 0.467. The molecule has 2 N–H and O–H groups in total. The Balaban J connectivity index is 2.78. The third kappa shape index (κ3) is 5.12. The molecule has 0 aromatic carbocycles. The number of hydrogen-bond donors (Lipinski definition) is 2. The topological polar surface area (TPSA) is 71.1 Å². The van der Waals surface area contributed by atoms with Gasteiger partial charge in [-0.1, -0.05) is 20.8 Å². The highest BCUT2D eigenvalue weighted by molar-refractivity contribution is 7.87. The molecule has 1 aromatic heterocycles. The molecule has 7 heteroatoms. The molecule has 0 fully saturated rings. The van der Waals surface area contributed by atoms with E-state index in [1.54, 1.807) is 13.1 Å². The summed E-state index contributed by atoms with van der Waals surface area (Å²) >= 11 is 1.47. The molecule has 1 rings (SSSR count). The lowest BCUT2D eigenvalue weighted by Gasteiger charge is -2.18. The van der Waals surface area contributed by atoms with Crippen molar-refractivity contribution < 1.29 is 8.42 Å². The van der Waals surface area contributed by atoms with Gasteiger partial charge in [-0.15, -0.1) is 11.3 Å². The molecule has 0 amide bonds. The molecule has 0 saturated heterocycles. The zero-order valence-corrected chi connectivity index (χ0v) is 11.9. The Morgan fingerprint density at radius 2 is 2.18 bits per heavy atom. The van der Waals surface area contributed by atoms with Crippen molar-refractivity contribution in [1.29, 1.82) is 0 Å². The number of rotatable bonds is 7. The van der Waals surface area contributed by atoms with Crippen molar-refractivity contribution in [2.24, 2.45) is 5.92 Å². The van der Waals surface area contributed by atoms with Crippen LogP contribution in [0, 0.1) is 5.92 Å². The van der Waals surface area contributed by atoms with Crippen LogP contribution in [0.5, 0.6) is 0 Å². The van der Waals surface area contributed by atoms with Gasteiger partial charge in [0.25, 0.3) is 10.2 Å². The van der Waals surface area contributed by atoms with E-state index in [0.717, 1.165) is 11.4 Å². The first-order chi connectivity index (χ1) is 7.94. The Morgan fingerprint density at radius 1 is 1.47 bits per heavy atom. The zero-order valence-electron chi connectivity index (χ0n) is 10.3. The third-order valence-electron chi connectivity index (χ3n) is 2.09. The summed E-state index contributed by atoms with van der Waals surface area (Å²) in [5.74, 6) is 0.397. The number of thiazole rings is 1. The van der Waals surface area contributed by atoms with Crippen LogP contribution in [0.15, 0.2) is 11.6 Å². The normalized spacial score (nSPS) is 14.1. The molecule has 0 radical (unpaired) electrons. The quantitative estimate of drug-likeness (QED) is 0.796. The van der Waals surface area contributed by atoms with E-state index in [-0.39, 0.29) is 6.04 Å². The van der Waals surface area contributed by atoms with E-state index >= 15 is 0 Å². The predicted octanol–water partition coefficient (Wildman–Crippen LogP) is 1.67. The van der Waals surface area contributed by atoms with Gasteiger partial charge in [0.05, 0.1) is 6.04 Å². The SMILES string of the molecule is CCNS(=O)(=O)NC(CC(C)C)c1nccs1. The average molecular weight is 277 g/mol. The molecule has 17 heavy (non-hydrogen) atoms. The largest absolute Gasteiger partial charge is 0.277 e. The van der Waals surface area contributed by atoms with Crippen molar-refractivity contribution >= 4 is 21.5 Å². The zero-order chi connectivity index (χ0) is 12.9. The van der Waals surface area contributed by atoms with Crippen LogP contribution in [0.2, 0.25) is 0 Å². The van der Waals surface area contributed by atoms with Gasteiger partial charge < -0.3 is 0 Å². The van der Waals surface area contributed by atoms with Crippen LogP contribution in [0.25, 0.3) is 0 Å². The van der Waals surface area contributed by atoms with Gasteiger partial charge in [-0.25, -0.2) is 9.71 Å². The van der Waals surface area contributed by atoms with E-state index < -0.39 is 10.2 Å². The van der Waals surface area contributed by atoms with E-state index in [9.17, 15) is 8.42 Å². The summed E-state index contributed by atoms with van der Waals surface area (Å²) in [6.45, 7) is 6.24. The van der Waals surface area contributed by atoms with Crippen LogP contribution in [0.1, 0.15) is 38.2 Å². The van der Waals surface area contributed by atoms with Gasteiger partial charge in [0.1, 0.15) is 5.01 Å². The Labute approximate surface area is 107 Å². The van der Waals surface area contributed by atoms with Crippen molar-refractivity contribution in [2.75, 3.05) is 6.54 Å². The molecule has 0 saturated carbocycles. The van der Waals surface area contributed by atoms with Crippen molar-refractivity contribution in [3.63, 3.8) is 0 Å². The van der Waals surface area contributed by atoms with Crippen molar-refractivity contribution in [1.82, 2.24) is 14.4 Å². The van der Waals surface area contributed by atoms with Gasteiger partial charge in [0.2, 0.25) is 0 Å². The Bertz CT molecular complexity index is 415. The summed E-state index contributed by atoms with van der Waals surface area (Å²) in [7, 11) is -3.44. The lowest BCUT2D eigenvalue weighted by atomic mass is 10.1. The minimum atomic E-state index is -3.44. The highest BCUT2D eigenvalue weighted by Gasteiger charge is 2.21. The minimum absolute atomic E-state index is 0.251. The predicted molar refractivity (Wildman–Crippen MR) is 70.0 cm³/mol. The molecular weight excluding hydrogens is 258 g/mol. The number of nitrogens with one attached hydrogen (secondary N) is 2. The van der Waals surface area contributed by atoms with E-state index in [2.05, 4.69) is 28.3 Å². The highest BCUT2D eigenvalue weighted by Crippen LogP contribution is 2.23. The molecule has 1 atom stereocenters. The summed E-state index contributed by atoms with van der Waals surface area (Å²) in [5, 5.41) is 2.66. The lowest BCUT2D eigenvalue weighted by Crippen LogP contribution is -2.39. The first kappa shape index (κ1) is 14.6. The second kappa shape index (κ2) is 6.44. The van der Waals surface area contributed by atoms with Crippen LogP contribution in [0.3, 0.4) is 0 Å². The molecule has 1 unspecified atom stereocenters. The van der Waals surface area contributed by atoms with Gasteiger partial charge in [-0.3, -0.25) is 0 Å². The van der Waals surface area contributed by atoms with E-state index in [1.807, 2.05) is 5.38 Å². The first-order valence-corrected chi connectivity index (χ1v) is 7.97. The van der Waals surface area contributed by atoms with Gasteiger partial charge in [-0.2, -0.15) is 13.1 Å². The van der Waals surface area contributed by atoms with E-state index in [4.69, 9.17) is 0 Å². The molecular formula is C10H19N3O2S2. The highest BCUT2D eigenvalue weighted by atomic mass is 32.2. The average Bonchev–Trinajstić information content (AvgIpc) is 2.67. The van der Waals surface area contributed by atoms with E-state index in [1.165, 1.54) is 11.3 Å². The smallest absolute Gasteiger partial charge is 0.248 e. The van der Waals surface area contributed by atoms with Gasteiger partial charge in [0, 0.05) is 18.1 Å². The molecule has 0 aliphatic heterocycles. The first-order valence-electron chi connectivity index (χ1n) is 5.61. The van der Waals surface area contributed by atoms with Crippen LogP contribution < -0.4 is 9.44 Å². The van der Waals surface area contributed by atoms with Crippen molar-refractivity contribution in [3.8, 4) is 0 Å². The van der Waals surface area contributed by atoms with Gasteiger partial charge >= 0.3 is 0 Å². The van der Waals surface area contributed by atoms with Crippen molar-refractivity contribution in [2.45, 2.75) is 33.2 Å². The van der Waals surface area contributed by atoms with Gasteiger partial charge in [0.15, 0.2) is 0 Å². The maximum absolute atomic E-state index is 11.7. The number of hydrogen-bond acceptors (Lipinski definition) is 4. The van der Waals surface area contributed by atoms with Crippen LogP contribution >= 0.6 is 11.3 Å². The summed E-state index contributed by atoms with van der Waals surface area (Å²) in [6.07, 6.45) is 2.42. The molecule has 5 nitrogen and oxygen atoms in total. The molecule has 0 spiro atoms. The molecule has 0 aliphatic carbocycles. The Hall–Kier alpha value is -0.500. The molecule has 1 aromatic rings. The second-order valence-electron chi connectivity index (χ2n) is 4.17. The number of aromatic nitrogens is 1. The molecule has 0 aliphatic rings. The monoisotopic (exact) mass is 277 g/mol. The summed E-state index contributed by atoms with van der Waals surface area (Å²) < 4.78 is 28.4. The summed E-state index contributed by atoms with van der Waals surface area (Å²) in [6, 6.07) is -0.251.